The van der Waals surface area contributed by atoms with Crippen LogP contribution in [0.5, 0.6) is 0 Å². The molecule has 1 aromatic rings. The highest BCUT2D eigenvalue weighted by atomic mass is 16.3. The Morgan fingerprint density at radius 1 is 1.25 bits per heavy atom. The Morgan fingerprint density at radius 3 is 2.62 bits per heavy atom. The first-order valence-corrected chi connectivity index (χ1v) is 6.13. The van der Waals surface area contributed by atoms with Crippen molar-refractivity contribution in [1.82, 2.24) is 0 Å². The minimum atomic E-state index is 0.0283. The smallest absolute Gasteiger partial charge is 0.0505 e. The highest BCUT2D eigenvalue weighted by molar-refractivity contribution is 5.35. The lowest BCUT2D eigenvalue weighted by molar-refractivity contribution is 0.166. The van der Waals surface area contributed by atoms with Crippen LogP contribution >= 0.6 is 0 Å². The first-order chi connectivity index (χ1) is 7.75. The van der Waals surface area contributed by atoms with Gasteiger partial charge in [0, 0.05) is 12.0 Å². The van der Waals surface area contributed by atoms with Crippen molar-refractivity contribution in [2.24, 2.45) is 16.6 Å². The number of nitrogens with two attached hydrogens (primary N) is 1. The molecule has 0 heterocycles. The Morgan fingerprint density at radius 2 is 2.00 bits per heavy atom. The lowest BCUT2D eigenvalue weighted by atomic mass is 9.76. The third kappa shape index (κ3) is 1.20. The van der Waals surface area contributed by atoms with E-state index in [9.17, 15) is 5.11 Å². The summed E-state index contributed by atoms with van der Waals surface area (Å²) < 4.78 is 0. The molecule has 1 aromatic carbocycles. The topological polar surface area (TPSA) is 46.2 Å². The number of aryl methyl sites for hydroxylation is 1. The third-order valence-corrected chi connectivity index (χ3v) is 4.89. The molecule has 1 spiro atoms. The van der Waals surface area contributed by atoms with Gasteiger partial charge in [0.1, 0.15) is 0 Å². The van der Waals surface area contributed by atoms with Crippen LogP contribution in [0.1, 0.15) is 24.0 Å². The van der Waals surface area contributed by atoms with E-state index in [1.807, 2.05) is 0 Å². The molecule has 86 valence electrons. The van der Waals surface area contributed by atoms with Gasteiger partial charge in [0.25, 0.3) is 0 Å². The molecule has 2 atom stereocenters. The number of aliphatic hydroxyl groups is 1. The second-order valence-electron chi connectivity index (χ2n) is 5.55. The van der Waals surface area contributed by atoms with Gasteiger partial charge in [0.05, 0.1) is 6.61 Å². The minimum Gasteiger partial charge on any atom is -0.396 e. The number of hydrogen-bond donors (Lipinski definition) is 2. The number of fused-ring (bicyclic) bond motifs is 1. The van der Waals surface area contributed by atoms with Crippen molar-refractivity contribution in [3.8, 4) is 0 Å². The van der Waals surface area contributed by atoms with Gasteiger partial charge in [-0.05, 0) is 42.2 Å². The van der Waals surface area contributed by atoms with Crippen molar-refractivity contribution in [1.29, 1.82) is 0 Å². The summed E-state index contributed by atoms with van der Waals surface area (Å²) in [4.78, 5) is 0. The summed E-state index contributed by atoms with van der Waals surface area (Å²) in [5.74, 6) is 0. The summed E-state index contributed by atoms with van der Waals surface area (Å²) in [5, 5.41) is 9.54. The van der Waals surface area contributed by atoms with Gasteiger partial charge in [-0.15, -0.1) is 0 Å². The molecule has 0 radical (unpaired) electrons. The number of hydrogen-bond acceptors (Lipinski definition) is 2. The van der Waals surface area contributed by atoms with E-state index in [4.69, 9.17) is 5.73 Å². The molecule has 2 heteroatoms. The predicted octanol–water partition coefficient (Wildman–Crippen LogP) is 1.50. The molecule has 2 aliphatic rings. The maximum absolute atomic E-state index is 9.54. The van der Waals surface area contributed by atoms with Gasteiger partial charge in [-0.25, -0.2) is 0 Å². The summed E-state index contributed by atoms with van der Waals surface area (Å²) in [6.07, 6.45) is 4.57. The molecule has 2 nitrogen and oxygen atoms in total. The van der Waals surface area contributed by atoms with Gasteiger partial charge in [0.15, 0.2) is 0 Å². The van der Waals surface area contributed by atoms with E-state index in [2.05, 4.69) is 24.3 Å². The van der Waals surface area contributed by atoms with Crippen LogP contribution in [0.15, 0.2) is 24.3 Å². The van der Waals surface area contributed by atoms with Crippen LogP contribution in [-0.4, -0.2) is 18.3 Å². The molecule has 2 unspecified atom stereocenters. The Balaban J connectivity index is 1.90. The summed E-state index contributed by atoms with van der Waals surface area (Å²) in [6, 6.07) is 8.69. The van der Waals surface area contributed by atoms with Crippen LogP contribution in [0, 0.1) is 10.8 Å². The Labute approximate surface area is 96.5 Å². The van der Waals surface area contributed by atoms with Gasteiger partial charge < -0.3 is 10.8 Å². The second-order valence-corrected chi connectivity index (χ2v) is 5.55. The van der Waals surface area contributed by atoms with Crippen LogP contribution in [0.25, 0.3) is 0 Å². The lowest BCUT2D eigenvalue weighted by Gasteiger charge is -2.29. The molecule has 0 bridgehead atoms. The zero-order valence-electron chi connectivity index (χ0n) is 9.58. The molecule has 2 aliphatic carbocycles. The Bertz CT molecular complexity index is 411. The van der Waals surface area contributed by atoms with Crippen LogP contribution in [0.4, 0.5) is 0 Å². The second kappa shape index (κ2) is 3.31. The Kier molecular flexibility index (Phi) is 2.13. The summed E-state index contributed by atoms with van der Waals surface area (Å²) in [6.45, 7) is 0.886. The van der Waals surface area contributed by atoms with E-state index in [0.717, 1.165) is 19.3 Å². The largest absolute Gasteiger partial charge is 0.396 e. The molecule has 1 saturated carbocycles. The highest BCUT2D eigenvalue weighted by Crippen LogP contribution is 2.68. The molecular formula is C14H19NO. The Hall–Kier alpha value is -0.860. The van der Waals surface area contributed by atoms with Gasteiger partial charge in [-0.1, -0.05) is 24.3 Å². The summed E-state index contributed by atoms with van der Waals surface area (Å²) >= 11 is 0. The molecule has 1 fully saturated rings. The quantitative estimate of drug-likeness (QED) is 0.788. The molecule has 0 saturated heterocycles. The zero-order chi connectivity index (χ0) is 11.2. The van der Waals surface area contributed by atoms with E-state index in [-0.39, 0.29) is 12.0 Å². The average Bonchev–Trinajstić information content (AvgIpc) is 2.97. The third-order valence-electron chi connectivity index (χ3n) is 4.89. The molecule has 0 aliphatic heterocycles. The van der Waals surface area contributed by atoms with E-state index >= 15 is 0 Å². The van der Waals surface area contributed by atoms with E-state index in [0.29, 0.717) is 12.0 Å². The molecule has 3 N–H and O–H groups in total. The van der Waals surface area contributed by atoms with Crippen molar-refractivity contribution in [3.05, 3.63) is 35.4 Å². The van der Waals surface area contributed by atoms with Crippen molar-refractivity contribution >= 4 is 0 Å². The molecular weight excluding hydrogens is 198 g/mol. The standard InChI is InChI=1S/C14H19NO/c15-9-14(10-16)8-13(14)6-5-11-3-1-2-4-12(11)7-13/h1-4,16H,5-10,15H2. The molecule has 16 heavy (non-hydrogen) atoms. The van der Waals surface area contributed by atoms with Crippen LogP contribution < -0.4 is 5.73 Å². The zero-order valence-corrected chi connectivity index (χ0v) is 9.58. The van der Waals surface area contributed by atoms with Gasteiger partial charge >= 0.3 is 0 Å². The molecule has 0 aromatic heterocycles. The number of rotatable bonds is 2. The fourth-order valence-corrected chi connectivity index (χ4v) is 3.58. The first kappa shape index (κ1) is 10.3. The van der Waals surface area contributed by atoms with Gasteiger partial charge in [-0.3, -0.25) is 0 Å². The van der Waals surface area contributed by atoms with Crippen molar-refractivity contribution < 1.29 is 5.11 Å². The number of aliphatic hydroxyl groups excluding tert-OH is 1. The van der Waals surface area contributed by atoms with Crippen LogP contribution in [0.3, 0.4) is 0 Å². The van der Waals surface area contributed by atoms with E-state index in [1.165, 1.54) is 17.5 Å². The maximum atomic E-state index is 9.54. The normalized spacial score (nSPS) is 36.1. The molecule has 0 amide bonds. The van der Waals surface area contributed by atoms with Gasteiger partial charge in [0.2, 0.25) is 0 Å². The van der Waals surface area contributed by atoms with Crippen molar-refractivity contribution in [2.45, 2.75) is 25.7 Å². The SMILES string of the molecule is NCC1(CO)CC12CCc1ccccc1C2. The highest BCUT2D eigenvalue weighted by Gasteiger charge is 2.65. The first-order valence-electron chi connectivity index (χ1n) is 6.13. The molecule has 3 rings (SSSR count). The summed E-state index contributed by atoms with van der Waals surface area (Å²) in [7, 11) is 0. The predicted molar refractivity (Wildman–Crippen MR) is 64.1 cm³/mol. The monoisotopic (exact) mass is 217 g/mol. The average molecular weight is 217 g/mol. The lowest BCUT2D eigenvalue weighted by Crippen LogP contribution is -2.30. The minimum absolute atomic E-state index is 0.0283. The van der Waals surface area contributed by atoms with Gasteiger partial charge in [-0.2, -0.15) is 0 Å². The number of benzene rings is 1. The van der Waals surface area contributed by atoms with Crippen LogP contribution in [0.2, 0.25) is 0 Å². The van der Waals surface area contributed by atoms with Crippen molar-refractivity contribution in [2.75, 3.05) is 13.2 Å². The summed E-state index contributed by atoms with van der Waals surface area (Å²) in [5.41, 5.74) is 9.14. The van der Waals surface area contributed by atoms with Crippen LogP contribution in [-0.2, 0) is 12.8 Å². The fourth-order valence-electron chi connectivity index (χ4n) is 3.58. The fraction of sp³-hybridized carbons (Fsp3) is 0.571. The van der Waals surface area contributed by atoms with E-state index < -0.39 is 0 Å². The van der Waals surface area contributed by atoms with Crippen molar-refractivity contribution in [3.63, 3.8) is 0 Å². The maximum Gasteiger partial charge on any atom is 0.0505 e. The van der Waals surface area contributed by atoms with E-state index in [1.54, 1.807) is 0 Å².